The Morgan fingerprint density at radius 2 is 1.26 bits per heavy atom. The second-order valence-corrected chi connectivity index (χ2v) is 8.55. The van der Waals surface area contributed by atoms with E-state index in [1.54, 1.807) is 30.1 Å². The van der Waals surface area contributed by atoms with E-state index in [-0.39, 0.29) is 11.8 Å². The van der Waals surface area contributed by atoms with Gasteiger partial charge in [0.05, 0.1) is 5.92 Å². The Hall–Kier alpha value is -4.38. The fourth-order valence-electron chi connectivity index (χ4n) is 4.19. The molecule has 0 spiro atoms. The number of benzene rings is 4. The molecule has 0 unspecified atom stereocenters. The first kappa shape index (κ1) is 23.8. The second-order valence-electron chi connectivity index (χ2n) is 8.55. The second kappa shape index (κ2) is 11.2. The number of carbonyl (C=O) groups excluding carboxylic acids is 2. The van der Waals surface area contributed by atoms with Crippen LogP contribution in [0.2, 0.25) is 0 Å². The number of carbonyl (C=O) groups is 2. The monoisotopic (exact) mass is 463 g/mol. The van der Waals surface area contributed by atoms with Gasteiger partial charge in [-0.05, 0) is 34.4 Å². The third-order valence-corrected chi connectivity index (χ3v) is 5.94. The van der Waals surface area contributed by atoms with Crippen molar-refractivity contribution in [2.75, 3.05) is 12.8 Å². The highest BCUT2D eigenvalue weighted by atomic mass is 16.2. The van der Waals surface area contributed by atoms with Crippen molar-refractivity contribution in [3.05, 3.63) is 138 Å². The van der Waals surface area contributed by atoms with E-state index in [1.807, 2.05) is 97.1 Å². The predicted molar refractivity (Wildman–Crippen MR) is 139 cm³/mol. The highest BCUT2D eigenvalue weighted by Crippen LogP contribution is 2.27. The van der Waals surface area contributed by atoms with Crippen LogP contribution in [0.25, 0.3) is 0 Å². The minimum absolute atomic E-state index is 0.215. The zero-order valence-corrected chi connectivity index (χ0v) is 19.7. The molecule has 0 saturated heterocycles. The summed E-state index contributed by atoms with van der Waals surface area (Å²) in [6.45, 7) is 0.426. The standard InChI is InChI=1S/C30H29N3O2/c1-33(21-22-12-5-2-6-13-22)30(35)28(25-18-11-19-26(31)20-25)32-29(34)27(23-14-7-3-8-15-23)24-16-9-4-10-17-24/h2-20,27-28H,21,31H2,1H3,(H,32,34)/t28-/m1/s1. The largest absolute Gasteiger partial charge is 0.399 e. The van der Waals surface area contributed by atoms with Crippen molar-refractivity contribution < 1.29 is 9.59 Å². The number of anilines is 1. The van der Waals surface area contributed by atoms with Crippen LogP contribution < -0.4 is 11.1 Å². The van der Waals surface area contributed by atoms with Crippen LogP contribution in [-0.2, 0) is 16.1 Å². The number of hydrogen-bond donors (Lipinski definition) is 2. The van der Waals surface area contributed by atoms with Crippen molar-refractivity contribution in [2.45, 2.75) is 18.5 Å². The Morgan fingerprint density at radius 3 is 1.80 bits per heavy atom. The Labute approximate surface area is 206 Å². The van der Waals surface area contributed by atoms with Crippen molar-refractivity contribution in [3.63, 3.8) is 0 Å². The van der Waals surface area contributed by atoms with Crippen molar-refractivity contribution >= 4 is 17.5 Å². The van der Waals surface area contributed by atoms with Crippen LogP contribution in [0.5, 0.6) is 0 Å². The van der Waals surface area contributed by atoms with Gasteiger partial charge in [-0.2, -0.15) is 0 Å². The fourth-order valence-corrected chi connectivity index (χ4v) is 4.19. The molecule has 4 aromatic rings. The van der Waals surface area contributed by atoms with Crippen LogP contribution in [0.4, 0.5) is 5.69 Å². The zero-order valence-electron chi connectivity index (χ0n) is 19.7. The van der Waals surface area contributed by atoms with Crippen molar-refractivity contribution in [3.8, 4) is 0 Å². The summed E-state index contributed by atoms with van der Waals surface area (Å²) in [5, 5.41) is 3.04. The summed E-state index contributed by atoms with van der Waals surface area (Å²) >= 11 is 0. The molecule has 0 aliphatic carbocycles. The fraction of sp³-hybridized carbons (Fsp3) is 0.133. The number of likely N-dealkylation sites (N-methyl/N-ethyl adjacent to an activating group) is 1. The highest BCUT2D eigenvalue weighted by molar-refractivity contribution is 5.93. The maximum atomic E-state index is 13.8. The van der Waals surface area contributed by atoms with E-state index in [0.717, 1.165) is 16.7 Å². The van der Waals surface area contributed by atoms with Crippen LogP contribution in [-0.4, -0.2) is 23.8 Å². The lowest BCUT2D eigenvalue weighted by Gasteiger charge is -2.27. The molecule has 176 valence electrons. The molecule has 0 fully saturated rings. The summed E-state index contributed by atoms with van der Waals surface area (Å²) < 4.78 is 0. The number of hydrogen-bond acceptors (Lipinski definition) is 3. The van der Waals surface area contributed by atoms with E-state index in [4.69, 9.17) is 5.73 Å². The van der Waals surface area contributed by atoms with Crippen LogP contribution in [0, 0.1) is 0 Å². The minimum atomic E-state index is -0.880. The molecule has 5 heteroatoms. The molecule has 0 aliphatic heterocycles. The maximum absolute atomic E-state index is 13.8. The molecule has 4 aromatic carbocycles. The molecule has 3 N–H and O–H groups in total. The molecule has 0 heterocycles. The van der Waals surface area contributed by atoms with E-state index in [2.05, 4.69) is 5.32 Å². The summed E-state index contributed by atoms with van der Waals surface area (Å²) in [7, 11) is 1.74. The lowest BCUT2D eigenvalue weighted by Crippen LogP contribution is -2.43. The smallest absolute Gasteiger partial charge is 0.249 e. The van der Waals surface area contributed by atoms with Gasteiger partial charge in [0, 0.05) is 19.3 Å². The average Bonchev–Trinajstić information content (AvgIpc) is 2.89. The van der Waals surface area contributed by atoms with E-state index in [0.29, 0.717) is 17.8 Å². The van der Waals surface area contributed by atoms with E-state index in [1.165, 1.54) is 0 Å². The third kappa shape index (κ3) is 5.95. The lowest BCUT2D eigenvalue weighted by atomic mass is 9.90. The van der Waals surface area contributed by atoms with E-state index < -0.39 is 12.0 Å². The van der Waals surface area contributed by atoms with Crippen LogP contribution in [0.1, 0.15) is 34.2 Å². The number of nitrogen functional groups attached to an aromatic ring is 1. The van der Waals surface area contributed by atoms with Gasteiger partial charge in [0.2, 0.25) is 11.8 Å². The molecule has 1 atom stereocenters. The summed E-state index contributed by atoms with van der Waals surface area (Å²) in [5.41, 5.74) is 9.92. The summed E-state index contributed by atoms with van der Waals surface area (Å²) in [6.07, 6.45) is 0. The van der Waals surface area contributed by atoms with Gasteiger partial charge in [-0.25, -0.2) is 0 Å². The Kier molecular flexibility index (Phi) is 7.58. The average molecular weight is 464 g/mol. The molecule has 2 amide bonds. The Balaban J connectivity index is 1.66. The van der Waals surface area contributed by atoms with Gasteiger partial charge in [0.15, 0.2) is 0 Å². The molecule has 0 saturated carbocycles. The maximum Gasteiger partial charge on any atom is 0.249 e. The number of rotatable bonds is 8. The molecule has 35 heavy (non-hydrogen) atoms. The normalized spacial score (nSPS) is 11.6. The minimum Gasteiger partial charge on any atom is -0.399 e. The number of nitrogens with zero attached hydrogens (tertiary/aromatic N) is 1. The van der Waals surface area contributed by atoms with Gasteiger partial charge in [-0.1, -0.05) is 103 Å². The van der Waals surface area contributed by atoms with Gasteiger partial charge in [0.1, 0.15) is 6.04 Å². The molecule has 0 radical (unpaired) electrons. The van der Waals surface area contributed by atoms with E-state index >= 15 is 0 Å². The first-order valence-corrected chi connectivity index (χ1v) is 11.6. The molecular weight excluding hydrogens is 434 g/mol. The van der Waals surface area contributed by atoms with Crippen LogP contribution in [0.3, 0.4) is 0 Å². The van der Waals surface area contributed by atoms with E-state index in [9.17, 15) is 9.59 Å². The SMILES string of the molecule is CN(Cc1ccccc1)C(=O)[C@H](NC(=O)C(c1ccccc1)c1ccccc1)c1cccc(N)c1. The summed E-state index contributed by atoms with van der Waals surface area (Å²) in [5.74, 6) is -1.03. The number of nitrogens with one attached hydrogen (secondary N) is 1. The van der Waals surface area contributed by atoms with Crippen molar-refractivity contribution in [1.82, 2.24) is 10.2 Å². The molecular formula is C30H29N3O2. The Morgan fingerprint density at radius 1 is 0.743 bits per heavy atom. The summed E-state index contributed by atoms with van der Waals surface area (Å²) in [4.78, 5) is 29.1. The topological polar surface area (TPSA) is 75.4 Å². The van der Waals surface area contributed by atoms with Crippen LogP contribution >= 0.6 is 0 Å². The molecule has 0 bridgehead atoms. The van der Waals surface area contributed by atoms with Crippen molar-refractivity contribution in [1.29, 1.82) is 0 Å². The van der Waals surface area contributed by atoms with Gasteiger partial charge in [-0.3, -0.25) is 9.59 Å². The third-order valence-electron chi connectivity index (χ3n) is 5.94. The van der Waals surface area contributed by atoms with Crippen molar-refractivity contribution in [2.24, 2.45) is 0 Å². The highest BCUT2D eigenvalue weighted by Gasteiger charge is 2.30. The molecule has 0 aromatic heterocycles. The number of nitrogens with two attached hydrogens (primary N) is 1. The van der Waals surface area contributed by atoms with Gasteiger partial charge in [0.25, 0.3) is 0 Å². The first-order valence-electron chi connectivity index (χ1n) is 11.6. The zero-order chi connectivity index (χ0) is 24.6. The van der Waals surface area contributed by atoms with Gasteiger partial charge < -0.3 is 16.0 Å². The van der Waals surface area contributed by atoms with Gasteiger partial charge in [-0.15, -0.1) is 0 Å². The predicted octanol–water partition coefficient (Wildman–Crippen LogP) is 4.92. The Bertz CT molecular complexity index is 1220. The van der Waals surface area contributed by atoms with Gasteiger partial charge >= 0.3 is 0 Å². The van der Waals surface area contributed by atoms with Crippen LogP contribution in [0.15, 0.2) is 115 Å². The quantitative estimate of drug-likeness (QED) is 0.364. The first-order chi connectivity index (χ1) is 17.0. The molecule has 0 aliphatic rings. The number of amides is 2. The summed E-state index contributed by atoms with van der Waals surface area (Å²) in [6, 6.07) is 35.2. The molecule has 4 rings (SSSR count). The molecule has 5 nitrogen and oxygen atoms in total. The lowest BCUT2D eigenvalue weighted by molar-refractivity contribution is -0.136.